The molecule has 0 radical (unpaired) electrons. The maximum absolute atomic E-state index is 5.20. The molecule has 1 nitrogen and oxygen atoms in total. The zero-order valence-corrected chi connectivity index (χ0v) is 8.78. The van der Waals surface area contributed by atoms with E-state index in [0.717, 1.165) is 11.7 Å². The highest BCUT2D eigenvalue weighted by Crippen LogP contribution is 2.24. The molecule has 0 aliphatic heterocycles. The minimum absolute atomic E-state index is 0.796. The van der Waals surface area contributed by atoms with E-state index in [1.807, 2.05) is 24.8 Å². The molecule has 0 aliphatic rings. The molecule has 0 aliphatic carbocycles. The van der Waals surface area contributed by atoms with Crippen molar-refractivity contribution in [3.63, 3.8) is 0 Å². The summed E-state index contributed by atoms with van der Waals surface area (Å²) in [4.78, 5) is 1.29. The molecule has 0 bridgehead atoms. The van der Waals surface area contributed by atoms with Gasteiger partial charge in [-0.2, -0.15) is 0 Å². The molecule has 1 aromatic heterocycles. The molecular formula is C10H16OS. The molecule has 0 fully saturated rings. The second-order valence-corrected chi connectivity index (χ2v) is 4.51. The number of rotatable bonds is 4. The maximum atomic E-state index is 5.20. The summed E-state index contributed by atoms with van der Waals surface area (Å²) in [5.41, 5.74) is 0. The summed E-state index contributed by atoms with van der Waals surface area (Å²) in [6.07, 6.45) is 3.03. The van der Waals surface area contributed by atoms with Crippen LogP contribution in [0.15, 0.2) is 21.6 Å². The molecule has 68 valence electrons. The highest BCUT2D eigenvalue weighted by Gasteiger charge is 2.01. The molecule has 0 amide bonds. The molecule has 0 spiro atoms. The molecule has 1 rings (SSSR count). The number of hydrogen-bond acceptors (Lipinski definition) is 2. The lowest BCUT2D eigenvalue weighted by Gasteiger charge is -2.02. The largest absolute Gasteiger partial charge is 0.468 e. The Morgan fingerprint density at radius 1 is 1.50 bits per heavy atom. The third-order valence-corrected chi connectivity index (χ3v) is 2.94. The molecule has 2 heteroatoms. The van der Waals surface area contributed by atoms with Crippen molar-refractivity contribution in [1.29, 1.82) is 0 Å². The van der Waals surface area contributed by atoms with Gasteiger partial charge in [-0.05, 0) is 31.1 Å². The van der Waals surface area contributed by atoms with Crippen LogP contribution in [0.4, 0.5) is 0 Å². The molecular weight excluding hydrogens is 168 g/mol. The molecule has 0 saturated heterocycles. The van der Waals surface area contributed by atoms with Gasteiger partial charge in [-0.25, -0.2) is 0 Å². The fourth-order valence-corrected chi connectivity index (χ4v) is 2.14. The third kappa shape index (κ3) is 2.94. The average Bonchev–Trinajstić information content (AvgIpc) is 2.36. The van der Waals surface area contributed by atoms with Gasteiger partial charge in [0, 0.05) is 4.90 Å². The van der Waals surface area contributed by atoms with Crippen LogP contribution in [0.3, 0.4) is 0 Å². The molecule has 0 N–H and O–H groups in total. The van der Waals surface area contributed by atoms with Crippen LogP contribution < -0.4 is 0 Å². The van der Waals surface area contributed by atoms with Crippen molar-refractivity contribution in [1.82, 2.24) is 0 Å². The fraction of sp³-hybridized carbons (Fsp3) is 0.600. The summed E-state index contributed by atoms with van der Waals surface area (Å²) in [7, 11) is 0. The van der Waals surface area contributed by atoms with E-state index in [4.69, 9.17) is 4.42 Å². The van der Waals surface area contributed by atoms with Crippen molar-refractivity contribution in [2.45, 2.75) is 32.1 Å². The van der Waals surface area contributed by atoms with E-state index >= 15 is 0 Å². The molecule has 0 aromatic carbocycles. The lowest BCUT2D eigenvalue weighted by molar-refractivity contribution is 0.526. The highest BCUT2D eigenvalue weighted by atomic mass is 32.2. The minimum Gasteiger partial charge on any atom is -0.468 e. The van der Waals surface area contributed by atoms with Gasteiger partial charge >= 0.3 is 0 Å². The van der Waals surface area contributed by atoms with Crippen LogP contribution in [0.1, 0.15) is 26.0 Å². The summed E-state index contributed by atoms with van der Waals surface area (Å²) in [5, 5.41) is 0. The van der Waals surface area contributed by atoms with Gasteiger partial charge in [-0.1, -0.05) is 13.8 Å². The van der Waals surface area contributed by atoms with Crippen LogP contribution in [0.25, 0.3) is 0 Å². The van der Waals surface area contributed by atoms with Crippen molar-refractivity contribution in [2.24, 2.45) is 5.92 Å². The van der Waals surface area contributed by atoms with E-state index in [1.54, 1.807) is 6.26 Å². The van der Waals surface area contributed by atoms with Crippen LogP contribution in [0.2, 0.25) is 0 Å². The predicted molar refractivity (Wildman–Crippen MR) is 53.6 cm³/mol. The first-order valence-electron chi connectivity index (χ1n) is 4.37. The average molecular weight is 184 g/mol. The van der Waals surface area contributed by atoms with Crippen molar-refractivity contribution in [2.75, 3.05) is 5.75 Å². The molecule has 1 aromatic rings. The van der Waals surface area contributed by atoms with Crippen LogP contribution in [-0.2, 0) is 0 Å². The highest BCUT2D eigenvalue weighted by molar-refractivity contribution is 7.99. The standard InChI is InChI=1S/C10H16OS/c1-8(2)5-7-12-10-4-6-11-9(10)3/h4,6,8H,5,7H2,1-3H3. The summed E-state index contributed by atoms with van der Waals surface area (Å²) < 4.78 is 5.20. The topological polar surface area (TPSA) is 13.1 Å². The second-order valence-electron chi connectivity index (χ2n) is 3.37. The van der Waals surface area contributed by atoms with E-state index in [-0.39, 0.29) is 0 Å². The molecule has 0 atom stereocenters. The van der Waals surface area contributed by atoms with E-state index in [0.29, 0.717) is 0 Å². The number of furan rings is 1. The monoisotopic (exact) mass is 184 g/mol. The summed E-state index contributed by atoms with van der Waals surface area (Å²) in [6, 6.07) is 2.04. The first kappa shape index (κ1) is 9.72. The molecule has 12 heavy (non-hydrogen) atoms. The van der Waals surface area contributed by atoms with Crippen molar-refractivity contribution in [3.8, 4) is 0 Å². The van der Waals surface area contributed by atoms with Crippen molar-refractivity contribution < 1.29 is 4.42 Å². The summed E-state index contributed by atoms with van der Waals surface area (Å²) in [6.45, 7) is 6.52. The van der Waals surface area contributed by atoms with Crippen molar-refractivity contribution >= 4 is 11.8 Å². The Hall–Kier alpha value is -0.370. The Bertz CT molecular complexity index is 227. The zero-order valence-electron chi connectivity index (χ0n) is 7.96. The first-order chi connectivity index (χ1) is 5.70. The van der Waals surface area contributed by atoms with Crippen LogP contribution in [0, 0.1) is 12.8 Å². The van der Waals surface area contributed by atoms with E-state index in [1.165, 1.54) is 17.1 Å². The fourth-order valence-electron chi connectivity index (χ4n) is 0.928. The number of hydrogen-bond donors (Lipinski definition) is 0. The predicted octanol–water partition coefficient (Wildman–Crippen LogP) is 3.73. The molecule has 0 unspecified atom stereocenters. The van der Waals surface area contributed by atoms with E-state index < -0.39 is 0 Å². The quantitative estimate of drug-likeness (QED) is 0.661. The summed E-state index contributed by atoms with van der Waals surface area (Å²) >= 11 is 1.89. The van der Waals surface area contributed by atoms with Gasteiger partial charge in [0.1, 0.15) is 5.76 Å². The Kier molecular flexibility index (Phi) is 3.73. The van der Waals surface area contributed by atoms with Crippen LogP contribution in [-0.4, -0.2) is 5.75 Å². The van der Waals surface area contributed by atoms with Crippen molar-refractivity contribution in [3.05, 3.63) is 18.1 Å². The normalized spacial score (nSPS) is 11.0. The van der Waals surface area contributed by atoms with Gasteiger partial charge in [0.15, 0.2) is 0 Å². The summed E-state index contributed by atoms with van der Waals surface area (Å²) in [5.74, 6) is 3.03. The Morgan fingerprint density at radius 2 is 2.25 bits per heavy atom. The minimum atomic E-state index is 0.796. The maximum Gasteiger partial charge on any atom is 0.114 e. The SMILES string of the molecule is Cc1occc1SCCC(C)C. The second kappa shape index (κ2) is 4.61. The first-order valence-corrected chi connectivity index (χ1v) is 5.35. The van der Waals surface area contributed by atoms with Gasteiger partial charge in [-0.15, -0.1) is 11.8 Å². The van der Waals surface area contributed by atoms with Crippen LogP contribution in [0.5, 0.6) is 0 Å². The Balaban J connectivity index is 2.29. The molecule has 0 saturated carbocycles. The van der Waals surface area contributed by atoms with Crippen LogP contribution >= 0.6 is 11.8 Å². The van der Waals surface area contributed by atoms with Gasteiger partial charge in [0.2, 0.25) is 0 Å². The smallest absolute Gasteiger partial charge is 0.114 e. The third-order valence-electron chi connectivity index (χ3n) is 1.76. The number of aryl methyl sites for hydroxylation is 1. The van der Waals surface area contributed by atoms with Gasteiger partial charge in [0.25, 0.3) is 0 Å². The van der Waals surface area contributed by atoms with Gasteiger partial charge in [0.05, 0.1) is 6.26 Å². The zero-order chi connectivity index (χ0) is 8.97. The Morgan fingerprint density at radius 3 is 2.75 bits per heavy atom. The Labute approximate surface area is 78.5 Å². The van der Waals surface area contributed by atoms with Gasteiger partial charge < -0.3 is 4.42 Å². The lowest BCUT2D eigenvalue weighted by Crippen LogP contribution is -1.88. The van der Waals surface area contributed by atoms with E-state index in [2.05, 4.69) is 13.8 Å². The van der Waals surface area contributed by atoms with Gasteiger partial charge in [-0.3, -0.25) is 0 Å². The lowest BCUT2D eigenvalue weighted by atomic mass is 10.2. The number of thioether (sulfide) groups is 1. The molecule has 1 heterocycles. The van der Waals surface area contributed by atoms with E-state index in [9.17, 15) is 0 Å².